The molecule has 0 unspecified atom stereocenters. The van der Waals surface area contributed by atoms with E-state index in [9.17, 15) is 8.42 Å². The van der Waals surface area contributed by atoms with Crippen molar-refractivity contribution in [3.05, 3.63) is 29.6 Å². The lowest BCUT2D eigenvalue weighted by molar-refractivity contribution is 0.342. The van der Waals surface area contributed by atoms with Gasteiger partial charge in [-0.25, -0.2) is 8.42 Å². The molecule has 0 spiro atoms. The van der Waals surface area contributed by atoms with Gasteiger partial charge >= 0.3 is 0 Å². The van der Waals surface area contributed by atoms with Gasteiger partial charge in [0.2, 0.25) is 0 Å². The lowest BCUT2D eigenvalue weighted by atomic mass is 10.2. The molecule has 2 rings (SSSR count). The molecule has 0 amide bonds. The Balaban J connectivity index is 1.77. The van der Waals surface area contributed by atoms with E-state index in [-0.39, 0.29) is 5.75 Å². The third kappa shape index (κ3) is 5.98. The summed E-state index contributed by atoms with van der Waals surface area (Å²) in [6, 6.07) is 4.81. The van der Waals surface area contributed by atoms with Crippen molar-refractivity contribution in [2.45, 2.75) is 32.0 Å². The Labute approximate surface area is 121 Å². The highest BCUT2D eigenvalue weighted by atomic mass is 32.2. The lowest BCUT2D eigenvalue weighted by Crippen LogP contribution is -2.25. The van der Waals surface area contributed by atoms with Crippen molar-refractivity contribution in [2.75, 3.05) is 25.6 Å². The van der Waals surface area contributed by atoms with Crippen molar-refractivity contribution in [1.82, 2.24) is 15.2 Å². The monoisotopic (exact) mass is 297 g/mol. The Bertz CT molecular complexity index is 524. The molecule has 0 aromatic carbocycles. The minimum absolute atomic E-state index is 0.187. The summed E-state index contributed by atoms with van der Waals surface area (Å²) >= 11 is 0. The fraction of sp³-hybridized carbons (Fsp3) is 0.643. The molecule has 1 aliphatic rings. The first kappa shape index (κ1) is 15.4. The summed E-state index contributed by atoms with van der Waals surface area (Å²) in [5, 5.41) is 3.45. The molecule has 5 nitrogen and oxygen atoms in total. The largest absolute Gasteiger partial charge is 0.310 e. The standard InChI is InChI=1S/C14H23N3O2S/c1-17(7-8-20(2,18)19)11-14-4-3-12(10-16-14)9-15-13-5-6-13/h3-4,10,13,15H,5-9,11H2,1-2H3. The SMILES string of the molecule is CN(CCS(C)(=O)=O)Cc1ccc(CNC2CC2)cn1. The van der Waals surface area contributed by atoms with E-state index in [0.717, 1.165) is 12.2 Å². The summed E-state index contributed by atoms with van der Waals surface area (Å²) in [4.78, 5) is 6.41. The highest BCUT2D eigenvalue weighted by Gasteiger charge is 2.19. The molecule has 6 heteroatoms. The molecule has 1 fully saturated rings. The number of rotatable bonds is 8. The fourth-order valence-corrected chi connectivity index (χ4v) is 2.52. The van der Waals surface area contributed by atoms with Crippen LogP contribution in [0, 0.1) is 0 Å². The van der Waals surface area contributed by atoms with E-state index in [1.807, 2.05) is 24.2 Å². The first-order chi connectivity index (χ1) is 9.42. The zero-order chi connectivity index (χ0) is 14.6. The van der Waals surface area contributed by atoms with Crippen LogP contribution in [0.2, 0.25) is 0 Å². The van der Waals surface area contributed by atoms with E-state index in [2.05, 4.69) is 16.4 Å². The van der Waals surface area contributed by atoms with Gasteiger partial charge in [-0.05, 0) is 31.5 Å². The lowest BCUT2D eigenvalue weighted by Gasteiger charge is -2.15. The molecule has 112 valence electrons. The van der Waals surface area contributed by atoms with E-state index >= 15 is 0 Å². The third-order valence-electron chi connectivity index (χ3n) is 3.33. The second-order valence-electron chi connectivity index (χ2n) is 5.68. The molecule has 1 aliphatic carbocycles. The predicted octanol–water partition coefficient (Wildman–Crippen LogP) is 0.810. The average Bonchev–Trinajstić information content (AvgIpc) is 3.19. The number of nitrogens with zero attached hydrogens (tertiary/aromatic N) is 2. The molecule has 1 saturated carbocycles. The second-order valence-corrected chi connectivity index (χ2v) is 7.94. The Hall–Kier alpha value is -0.980. The smallest absolute Gasteiger partial charge is 0.148 e. The molecular formula is C14H23N3O2S. The van der Waals surface area contributed by atoms with Crippen molar-refractivity contribution in [1.29, 1.82) is 0 Å². The van der Waals surface area contributed by atoms with E-state index in [0.29, 0.717) is 19.1 Å². The maximum atomic E-state index is 11.1. The third-order valence-corrected chi connectivity index (χ3v) is 4.26. The van der Waals surface area contributed by atoms with Gasteiger partial charge in [0, 0.05) is 38.1 Å². The highest BCUT2D eigenvalue weighted by Crippen LogP contribution is 2.19. The average molecular weight is 297 g/mol. The van der Waals surface area contributed by atoms with E-state index in [1.54, 1.807) is 0 Å². The molecule has 20 heavy (non-hydrogen) atoms. The van der Waals surface area contributed by atoms with Gasteiger partial charge in [0.15, 0.2) is 0 Å². The Kier molecular flexibility index (Phi) is 5.12. The van der Waals surface area contributed by atoms with Gasteiger partial charge in [-0.3, -0.25) is 9.88 Å². The number of pyridine rings is 1. The first-order valence-electron chi connectivity index (χ1n) is 6.96. The predicted molar refractivity (Wildman–Crippen MR) is 80.1 cm³/mol. The molecule has 0 aliphatic heterocycles. The van der Waals surface area contributed by atoms with Gasteiger partial charge in [0.1, 0.15) is 9.84 Å². The summed E-state index contributed by atoms with van der Waals surface area (Å²) in [6.45, 7) is 2.08. The van der Waals surface area contributed by atoms with E-state index in [1.165, 1.54) is 24.7 Å². The summed E-state index contributed by atoms with van der Waals surface area (Å²) in [7, 11) is -0.986. The zero-order valence-electron chi connectivity index (χ0n) is 12.2. The number of aromatic nitrogens is 1. The second kappa shape index (κ2) is 6.65. The molecule has 0 bridgehead atoms. The summed E-state index contributed by atoms with van der Waals surface area (Å²) < 4.78 is 22.2. The minimum atomic E-state index is -2.90. The van der Waals surface area contributed by atoms with Crippen LogP contribution in [0.25, 0.3) is 0 Å². The quantitative estimate of drug-likeness (QED) is 0.769. The van der Waals surface area contributed by atoms with Gasteiger partial charge in [0.25, 0.3) is 0 Å². The Morgan fingerprint density at radius 2 is 2.15 bits per heavy atom. The molecule has 1 aromatic heterocycles. The van der Waals surface area contributed by atoms with Crippen LogP contribution in [-0.2, 0) is 22.9 Å². The fourth-order valence-electron chi connectivity index (χ4n) is 1.88. The van der Waals surface area contributed by atoms with Gasteiger partial charge in [-0.2, -0.15) is 0 Å². The van der Waals surface area contributed by atoms with Crippen LogP contribution < -0.4 is 5.32 Å². The molecule has 0 radical (unpaired) electrons. The van der Waals surface area contributed by atoms with Crippen LogP contribution in [0.3, 0.4) is 0 Å². The van der Waals surface area contributed by atoms with E-state index < -0.39 is 9.84 Å². The summed E-state index contributed by atoms with van der Waals surface area (Å²) in [5.74, 6) is 0.187. The van der Waals surface area contributed by atoms with Gasteiger partial charge in [-0.15, -0.1) is 0 Å². The Morgan fingerprint density at radius 3 is 2.70 bits per heavy atom. The van der Waals surface area contributed by atoms with Crippen molar-refractivity contribution >= 4 is 9.84 Å². The van der Waals surface area contributed by atoms with Crippen LogP contribution in [0.15, 0.2) is 18.3 Å². The molecule has 1 aromatic rings. The Morgan fingerprint density at radius 1 is 1.40 bits per heavy atom. The number of hydrogen-bond acceptors (Lipinski definition) is 5. The maximum absolute atomic E-state index is 11.1. The minimum Gasteiger partial charge on any atom is -0.310 e. The first-order valence-corrected chi connectivity index (χ1v) is 9.02. The maximum Gasteiger partial charge on any atom is 0.148 e. The molecule has 0 saturated heterocycles. The van der Waals surface area contributed by atoms with E-state index in [4.69, 9.17) is 0 Å². The molecule has 1 N–H and O–H groups in total. The van der Waals surface area contributed by atoms with Crippen molar-refractivity contribution in [3.63, 3.8) is 0 Å². The zero-order valence-corrected chi connectivity index (χ0v) is 13.0. The summed E-state index contributed by atoms with van der Waals surface area (Å²) in [6.07, 6.45) is 5.74. The number of sulfone groups is 1. The van der Waals surface area contributed by atoms with Crippen LogP contribution >= 0.6 is 0 Å². The molecule has 0 atom stereocenters. The topological polar surface area (TPSA) is 62.3 Å². The summed E-state index contributed by atoms with van der Waals surface area (Å²) in [5.41, 5.74) is 2.16. The normalized spacial score (nSPS) is 15.8. The van der Waals surface area contributed by atoms with Crippen LogP contribution in [0.4, 0.5) is 0 Å². The van der Waals surface area contributed by atoms with Crippen LogP contribution in [0.1, 0.15) is 24.1 Å². The molecular weight excluding hydrogens is 274 g/mol. The van der Waals surface area contributed by atoms with Crippen LogP contribution in [-0.4, -0.2) is 49.9 Å². The molecule has 1 heterocycles. The van der Waals surface area contributed by atoms with Crippen LogP contribution in [0.5, 0.6) is 0 Å². The highest BCUT2D eigenvalue weighted by molar-refractivity contribution is 7.90. The number of hydrogen-bond donors (Lipinski definition) is 1. The van der Waals surface area contributed by atoms with Gasteiger partial charge in [-0.1, -0.05) is 6.07 Å². The van der Waals surface area contributed by atoms with Gasteiger partial charge < -0.3 is 5.32 Å². The van der Waals surface area contributed by atoms with Gasteiger partial charge in [0.05, 0.1) is 11.4 Å². The van der Waals surface area contributed by atoms with Crippen molar-refractivity contribution in [3.8, 4) is 0 Å². The van der Waals surface area contributed by atoms with Crippen molar-refractivity contribution in [2.24, 2.45) is 0 Å². The van der Waals surface area contributed by atoms with Crippen molar-refractivity contribution < 1.29 is 8.42 Å². The number of nitrogens with one attached hydrogen (secondary N) is 1.